The van der Waals surface area contributed by atoms with Gasteiger partial charge in [0.25, 0.3) is 0 Å². The van der Waals surface area contributed by atoms with E-state index in [0.717, 1.165) is 11.1 Å². The fourth-order valence-corrected chi connectivity index (χ4v) is 4.84. The van der Waals surface area contributed by atoms with E-state index in [4.69, 9.17) is 23.8 Å². The number of hydrazone groups is 1. The van der Waals surface area contributed by atoms with E-state index in [1.807, 2.05) is 45.0 Å². The molecular formula is C20H21ClN4O2S2. The Kier molecular flexibility index (Phi) is 6.48. The summed E-state index contributed by atoms with van der Waals surface area (Å²) in [6, 6.07) is 13.8. The molecule has 1 fully saturated rings. The lowest BCUT2D eigenvalue weighted by atomic mass is 10.1. The average Bonchev–Trinajstić information content (AvgIpc) is 2.88. The molecule has 3 rings (SSSR count). The van der Waals surface area contributed by atoms with Crippen molar-refractivity contribution < 1.29 is 10.0 Å². The molecule has 1 aliphatic heterocycles. The smallest absolute Gasteiger partial charge is 0.306 e. The van der Waals surface area contributed by atoms with Gasteiger partial charge in [-0.1, -0.05) is 71.5 Å². The van der Waals surface area contributed by atoms with Crippen molar-refractivity contribution in [1.82, 2.24) is 10.1 Å². The lowest BCUT2D eigenvalue weighted by Gasteiger charge is -2.34. The first-order chi connectivity index (χ1) is 13.7. The zero-order valence-corrected chi connectivity index (χ0v) is 18.6. The van der Waals surface area contributed by atoms with Crippen molar-refractivity contribution in [3.63, 3.8) is 0 Å². The highest BCUT2D eigenvalue weighted by Crippen LogP contribution is 2.42. The summed E-state index contributed by atoms with van der Waals surface area (Å²) in [4.78, 5) is 12.7. The molecule has 0 bridgehead atoms. The van der Waals surface area contributed by atoms with Gasteiger partial charge in [0.2, 0.25) is 0 Å². The molecule has 2 aromatic rings. The maximum Gasteiger partial charge on any atom is 0.347 e. The third-order valence-corrected chi connectivity index (χ3v) is 6.09. The second kappa shape index (κ2) is 8.71. The number of hydrogen-bond donors (Lipinski definition) is 2. The van der Waals surface area contributed by atoms with Gasteiger partial charge in [-0.3, -0.25) is 5.21 Å². The van der Waals surface area contributed by atoms with Crippen LogP contribution < -0.4 is 5.32 Å². The van der Waals surface area contributed by atoms with Gasteiger partial charge in [-0.2, -0.15) is 10.2 Å². The number of halogens is 1. The maximum absolute atomic E-state index is 12.7. The Balaban J connectivity index is 1.81. The van der Waals surface area contributed by atoms with Gasteiger partial charge in [-0.15, -0.1) is 0 Å². The van der Waals surface area contributed by atoms with E-state index >= 15 is 0 Å². The predicted octanol–water partition coefficient (Wildman–Crippen LogP) is 5.34. The van der Waals surface area contributed by atoms with E-state index in [1.165, 1.54) is 16.8 Å². The molecule has 0 aliphatic carbocycles. The zero-order valence-electron chi connectivity index (χ0n) is 16.2. The second-order valence-electron chi connectivity index (χ2n) is 7.13. The van der Waals surface area contributed by atoms with Crippen LogP contribution in [0.5, 0.6) is 0 Å². The number of carbonyl (C=O) groups excluding carboxylic acids is 1. The monoisotopic (exact) mass is 448 g/mol. The Morgan fingerprint density at radius 3 is 2.69 bits per heavy atom. The van der Waals surface area contributed by atoms with Crippen LogP contribution in [-0.2, 0) is 0 Å². The van der Waals surface area contributed by atoms with Gasteiger partial charge < -0.3 is 5.32 Å². The van der Waals surface area contributed by atoms with Crippen LogP contribution >= 0.6 is 35.6 Å². The number of nitrogens with zero attached hydrogens (tertiary/aromatic N) is 3. The van der Waals surface area contributed by atoms with Gasteiger partial charge in [-0.05, 0) is 44.5 Å². The third-order valence-electron chi connectivity index (χ3n) is 4.32. The molecule has 2 amide bonds. The molecule has 1 unspecified atom stereocenters. The summed E-state index contributed by atoms with van der Waals surface area (Å²) in [5.41, 5.74) is 2.51. The molecular weight excluding hydrogens is 428 g/mol. The van der Waals surface area contributed by atoms with E-state index < -0.39 is 16.9 Å². The largest absolute Gasteiger partial charge is 0.347 e. The molecule has 0 aromatic heterocycles. The van der Waals surface area contributed by atoms with Crippen LogP contribution in [-0.4, -0.2) is 42.8 Å². The highest BCUT2D eigenvalue weighted by atomic mass is 35.5. The minimum absolute atomic E-state index is 0.470. The van der Waals surface area contributed by atoms with Crippen molar-refractivity contribution in [2.75, 3.05) is 5.32 Å². The summed E-state index contributed by atoms with van der Waals surface area (Å²) in [5, 5.41) is 20.4. The summed E-state index contributed by atoms with van der Waals surface area (Å²) in [6.07, 6.45) is 0.865. The van der Waals surface area contributed by atoms with Gasteiger partial charge in [-0.25, -0.2) is 9.80 Å². The SMILES string of the molecule is Cc1ccc(C=NN2C(=S)SC(C)(C)C2N(O)C(=O)Nc2cccc(Cl)c2)cc1. The van der Waals surface area contributed by atoms with Gasteiger partial charge in [0.05, 0.1) is 11.0 Å². The zero-order chi connectivity index (χ0) is 21.2. The topological polar surface area (TPSA) is 68.2 Å². The van der Waals surface area contributed by atoms with Crippen LogP contribution in [0.4, 0.5) is 10.5 Å². The van der Waals surface area contributed by atoms with Gasteiger partial charge in [0.1, 0.15) is 0 Å². The van der Waals surface area contributed by atoms with Crippen molar-refractivity contribution in [2.45, 2.75) is 31.7 Å². The Hall–Kier alpha value is -2.13. The fourth-order valence-electron chi connectivity index (χ4n) is 2.87. The molecule has 2 N–H and O–H groups in total. The van der Waals surface area contributed by atoms with Gasteiger partial charge >= 0.3 is 6.03 Å². The Bertz CT molecular complexity index is 950. The number of urea groups is 1. The summed E-state index contributed by atoms with van der Waals surface area (Å²) in [7, 11) is 0. The first kappa shape index (κ1) is 21.6. The van der Waals surface area contributed by atoms with Crippen LogP contribution in [0.1, 0.15) is 25.0 Å². The molecule has 0 radical (unpaired) electrons. The number of amides is 2. The summed E-state index contributed by atoms with van der Waals surface area (Å²) in [5.74, 6) is 0. The molecule has 1 atom stereocenters. The Morgan fingerprint density at radius 2 is 2.03 bits per heavy atom. The number of hydrogen-bond acceptors (Lipinski definition) is 5. The molecule has 0 spiro atoms. The standard InChI is InChI=1S/C20H21ClN4O2S2/c1-13-7-9-14(10-8-13)12-22-24-17(20(2,3)29-19(24)28)25(27)18(26)23-16-6-4-5-15(21)11-16/h4-12,17,27H,1-3H3,(H,23,26). The maximum atomic E-state index is 12.7. The first-order valence-electron chi connectivity index (χ1n) is 8.85. The molecule has 2 aromatic carbocycles. The number of nitrogens with one attached hydrogen (secondary N) is 1. The van der Waals surface area contributed by atoms with Gasteiger partial charge in [0.15, 0.2) is 10.5 Å². The van der Waals surface area contributed by atoms with Crippen molar-refractivity contribution in [3.8, 4) is 0 Å². The van der Waals surface area contributed by atoms with E-state index in [-0.39, 0.29) is 0 Å². The first-order valence-corrected chi connectivity index (χ1v) is 10.5. The number of hydroxylamine groups is 2. The molecule has 6 nitrogen and oxygen atoms in total. The molecule has 29 heavy (non-hydrogen) atoms. The van der Waals surface area contributed by atoms with Crippen LogP contribution in [0.15, 0.2) is 53.6 Å². The average molecular weight is 449 g/mol. The van der Waals surface area contributed by atoms with Crippen LogP contribution in [0.25, 0.3) is 0 Å². The Morgan fingerprint density at radius 1 is 1.34 bits per heavy atom. The minimum Gasteiger partial charge on any atom is -0.306 e. The highest BCUT2D eigenvalue weighted by Gasteiger charge is 2.50. The van der Waals surface area contributed by atoms with E-state index in [0.29, 0.717) is 20.1 Å². The molecule has 1 aliphatic rings. The molecule has 0 saturated carbocycles. The number of thiocarbonyl (C=S) groups is 1. The van der Waals surface area contributed by atoms with Crippen LogP contribution in [0.2, 0.25) is 5.02 Å². The van der Waals surface area contributed by atoms with Crippen molar-refractivity contribution in [1.29, 1.82) is 0 Å². The number of rotatable bonds is 4. The number of benzene rings is 2. The lowest BCUT2D eigenvalue weighted by Crippen LogP contribution is -2.54. The third kappa shape index (κ3) is 5.08. The normalized spacial score (nSPS) is 18.3. The lowest BCUT2D eigenvalue weighted by molar-refractivity contribution is -0.114. The van der Waals surface area contributed by atoms with Crippen molar-refractivity contribution in [2.24, 2.45) is 5.10 Å². The second-order valence-corrected chi connectivity index (χ2v) is 9.85. The van der Waals surface area contributed by atoms with Crippen molar-refractivity contribution >= 4 is 57.8 Å². The predicted molar refractivity (Wildman–Crippen MR) is 123 cm³/mol. The van der Waals surface area contributed by atoms with Crippen LogP contribution in [0, 0.1) is 6.92 Å². The van der Waals surface area contributed by atoms with E-state index in [1.54, 1.807) is 30.5 Å². The quantitative estimate of drug-likeness (QED) is 0.286. The molecule has 1 saturated heterocycles. The number of aryl methyl sites for hydroxylation is 1. The summed E-state index contributed by atoms with van der Waals surface area (Å²) < 4.78 is -0.111. The number of thioether (sulfide) groups is 1. The number of anilines is 1. The molecule has 152 valence electrons. The Labute approximate surface area is 184 Å². The van der Waals surface area contributed by atoms with E-state index in [2.05, 4.69) is 10.4 Å². The van der Waals surface area contributed by atoms with Crippen LogP contribution in [0.3, 0.4) is 0 Å². The van der Waals surface area contributed by atoms with Crippen molar-refractivity contribution in [3.05, 3.63) is 64.7 Å². The fraction of sp³-hybridized carbons (Fsp3) is 0.250. The molecule has 1 heterocycles. The number of carbonyl (C=O) groups is 1. The highest BCUT2D eigenvalue weighted by molar-refractivity contribution is 8.24. The van der Waals surface area contributed by atoms with Gasteiger partial charge in [0, 0.05) is 10.7 Å². The minimum atomic E-state index is -0.791. The van der Waals surface area contributed by atoms with E-state index in [9.17, 15) is 10.0 Å². The molecule has 9 heteroatoms. The summed E-state index contributed by atoms with van der Waals surface area (Å²) >= 11 is 12.8. The summed E-state index contributed by atoms with van der Waals surface area (Å²) in [6.45, 7) is 5.80.